The molecule has 32 heavy (non-hydrogen) atoms. The summed E-state index contributed by atoms with van der Waals surface area (Å²) in [6.45, 7) is 3.75. The Labute approximate surface area is 189 Å². The fourth-order valence-corrected chi connectivity index (χ4v) is 5.62. The molecule has 3 N–H and O–H groups in total. The predicted molar refractivity (Wildman–Crippen MR) is 129 cm³/mol. The zero-order chi connectivity index (χ0) is 21.7. The van der Waals surface area contributed by atoms with Gasteiger partial charge in [0.05, 0.1) is 27.8 Å². The molecule has 6 rings (SSSR count). The molecule has 0 spiro atoms. The van der Waals surface area contributed by atoms with Gasteiger partial charge in [0.1, 0.15) is 5.69 Å². The predicted octanol–water partition coefficient (Wildman–Crippen LogP) is 5.50. The SMILES string of the molecule is CC(=O)c1ccc(-c2cncc3[nH]c(-c4n[nH]c5ccc(C6CCNCC6)cc45)cc23)s1. The van der Waals surface area contributed by atoms with Crippen LogP contribution in [0.1, 0.15) is 40.9 Å². The third kappa shape index (κ3) is 3.25. The van der Waals surface area contributed by atoms with E-state index in [4.69, 9.17) is 0 Å². The summed E-state index contributed by atoms with van der Waals surface area (Å²) in [5.41, 5.74) is 6.30. The fourth-order valence-electron chi connectivity index (χ4n) is 4.69. The molecule has 5 aromatic rings. The number of aromatic amines is 2. The van der Waals surface area contributed by atoms with Crippen LogP contribution in [-0.4, -0.2) is 39.0 Å². The van der Waals surface area contributed by atoms with Crippen LogP contribution in [-0.2, 0) is 0 Å². The first kappa shape index (κ1) is 19.4. The minimum absolute atomic E-state index is 0.0867. The number of piperidine rings is 1. The number of aromatic nitrogens is 4. The van der Waals surface area contributed by atoms with Gasteiger partial charge in [-0.25, -0.2) is 0 Å². The number of nitrogens with zero attached hydrogens (tertiary/aromatic N) is 2. The van der Waals surface area contributed by atoms with Gasteiger partial charge in [0, 0.05) is 27.4 Å². The van der Waals surface area contributed by atoms with Gasteiger partial charge in [-0.1, -0.05) is 6.07 Å². The number of pyridine rings is 1. The molecule has 0 atom stereocenters. The zero-order valence-corrected chi connectivity index (χ0v) is 18.6. The van der Waals surface area contributed by atoms with Crippen molar-refractivity contribution in [3.8, 4) is 21.8 Å². The van der Waals surface area contributed by atoms with Crippen molar-refractivity contribution < 1.29 is 4.79 Å². The van der Waals surface area contributed by atoms with Crippen LogP contribution in [0, 0.1) is 0 Å². The Morgan fingerprint density at radius 1 is 1.03 bits per heavy atom. The van der Waals surface area contributed by atoms with E-state index in [1.807, 2.05) is 24.5 Å². The lowest BCUT2D eigenvalue weighted by atomic mass is 9.89. The van der Waals surface area contributed by atoms with Gasteiger partial charge >= 0.3 is 0 Å². The van der Waals surface area contributed by atoms with Gasteiger partial charge < -0.3 is 10.3 Å². The van der Waals surface area contributed by atoms with E-state index in [-0.39, 0.29) is 5.78 Å². The van der Waals surface area contributed by atoms with Crippen molar-refractivity contribution in [3.05, 3.63) is 59.2 Å². The Morgan fingerprint density at radius 2 is 1.91 bits per heavy atom. The molecule has 6 nitrogen and oxygen atoms in total. The van der Waals surface area contributed by atoms with Crippen molar-refractivity contribution in [3.63, 3.8) is 0 Å². The number of thiophene rings is 1. The molecule has 1 aliphatic rings. The van der Waals surface area contributed by atoms with Gasteiger partial charge in [0.25, 0.3) is 0 Å². The number of carbonyl (C=O) groups excluding carboxylic acids is 1. The summed E-state index contributed by atoms with van der Waals surface area (Å²) in [5.74, 6) is 0.680. The molecule has 0 radical (unpaired) electrons. The van der Waals surface area contributed by atoms with Gasteiger partial charge in [-0.2, -0.15) is 5.10 Å². The number of rotatable bonds is 4. The lowest BCUT2D eigenvalue weighted by Gasteiger charge is -2.23. The summed E-state index contributed by atoms with van der Waals surface area (Å²) in [4.78, 5) is 21.5. The molecular weight excluding hydrogens is 418 g/mol. The van der Waals surface area contributed by atoms with Crippen LogP contribution in [0.25, 0.3) is 43.6 Å². The van der Waals surface area contributed by atoms with Gasteiger partial charge in [0.2, 0.25) is 0 Å². The molecule has 7 heteroatoms. The molecule has 0 amide bonds. The van der Waals surface area contributed by atoms with Gasteiger partial charge in [-0.3, -0.25) is 14.9 Å². The lowest BCUT2D eigenvalue weighted by Crippen LogP contribution is -2.26. The second-order valence-electron chi connectivity index (χ2n) is 8.45. The van der Waals surface area contributed by atoms with Crippen LogP contribution >= 0.6 is 11.3 Å². The second-order valence-corrected chi connectivity index (χ2v) is 9.54. The van der Waals surface area contributed by atoms with Crippen molar-refractivity contribution in [2.75, 3.05) is 13.1 Å². The third-order valence-electron chi connectivity index (χ3n) is 6.42. The van der Waals surface area contributed by atoms with Crippen LogP contribution in [0.5, 0.6) is 0 Å². The van der Waals surface area contributed by atoms with Crippen molar-refractivity contribution in [1.82, 2.24) is 25.5 Å². The maximum Gasteiger partial charge on any atom is 0.169 e. The van der Waals surface area contributed by atoms with Crippen LogP contribution in [0.2, 0.25) is 0 Å². The van der Waals surface area contributed by atoms with Crippen molar-refractivity contribution in [2.24, 2.45) is 0 Å². The Hall–Kier alpha value is -3.29. The Bertz CT molecular complexity index is 1450. The van der Waals surface area contributed by atoms with E-state index >= 15 is 0 Å². The first-order chi connectivity index (χ1) is 15.7. The minimum atomic E-state index is 0.0867. The summed E-state index contributed by atoms with van der Waals surface area (Å²) in [6, 6.07) is 12.7. The Kier molecular flexibility index (Phi) is 4.66. The Morgan fingerprint density at radius 3 is 2.72 bits per heavy atom. The quantitative estimate of drug-likeness (QED) is 0.321. The fraction of sp³-hybridized carbons (Fsp3) is 0.240. The number of fused-ring (bicyclic) bond motifs is 2. The van der Waals surface area contributed by atoms with E-state index in [9.17, 15) is 4.79 Å². The van der Waals surface area contributed by atoms with E-state index < -0.39 is 0 Å². The molecule has 5 heterocycles. The minimum Gasteiger partial charge on any atom is -0.352 e. The van der Waals surface area contributed by atoms with Gasteiger partial charge in [-0.05, 0) is 74.7 Å². The van der Waals surface area contributed by atoms with Crippen molar-refractivity contribution >= 4 is 38.9 Å². The highest BCUT2D eigenvalue weighted by Crippen LogP contribution is 2.37. The highest BCUT2D eigenvalue weighted by Gasteiger charge is 2.19. The summed E-state index contributed by atoms with van der Waals surface area (Å²) < 4.78 is 0. The Balaban J connectivity index is 1.44. The third-order valence-corrected chi connectivity index (χ3v) is 7.64. The highest BCUT2D eigenvalue weighted by atomic mass is 32.1. The maximum absolute atomic E-state index is 11.8. The lowest BCUT2D eigenvalue weighted by molar-refractivity contribution is 0.102. The van der Waals surface area contributed by atoms with Crippen LogP contribution in [0.3, 0.4) is 0 Å². The molecule has 1 aliphatic heterocycles. The van der Waals surface area contributed by atoms with Gasteiger partial charge in [-0.15, -0.1) is 11.3 Å². The van der Waals surface area contributed by atoms with E-state index in [1.165, 1.54) is 29.7 Å². The largest absolute Gasteiger partial charge is 0.352 e. The zero-order valence-electron chi connectivity index (χ0n) is 17.7. The van der Waals surface area contributed by atoms with Crippen LogP contribution < -0.4 is 5.32 Å². The first-order valence-corrected chi connectivity index (χ1v) is 11.8. The summed E-state index contributed by atoms with van der Waals surface area (Å²) in [5, 5.41) is 13.5. The number of Topliss-reactive ketones (excluding diaryl/α,β-unsaturated/α-hetero) is 1. The summed E-state index contributed by atoms with van der Waals surface area (Å²) in [6.07, 6.45) is 6.05. The number of ketones is 1. The van der Waals surface area contributed by atoms with Crippen LogP contribution in [0.4, 0.5) is 0 Å². The highest BCUT2D eigenvalue weighted by molar-refractivity contribution is 7.17. The van der Waals surface area contributed by atoms with E-state index in [2.05, 4.69) is 49.7 Å². The molecule has 4 aromatic heterocycles. The van der Waals surface area contributed by atoms with Crippen molar-refractivity contribution in [1.29, 1.82) is 0 Å². The molecule has 0 unspecified atom stereocenters. The smallest absolute Gasteiger partial charge is 0.169 e. The number of H-pyrrole nitrogens is 2. The first-order valence-electron chi connectivity index (χ1n) is 10.9. The average molecular weight is 442 g/mol. The van der Waals surface area contributed by atoms with Gasteiger partial charge in [0.15, 0.2) is 5.78 Å². The normalized spacial score (nSPS) is 15.0. The summed E-state index contributed by atoms with van der Waals surface area (Å²) in [7, 11) is 0. The number of hydrogen-bond donors (Lipinski definition) is 3. The van der Waals surface area contributed by atoms with E-state index in [0.717, 1.165) is 61.6 Å². The molecule has 1 saturated heterocycles. The van der Waals surface area contributed by atoms with Crippen LogP contribution in [0.15, 0.2) is 48.8 Å². The number of benzene rings is 1. The van der Waals surface area contributed by atoms with Crippen molar-refractivity contribution in [2.45, 2.75) is 25.7 Å². The second kappa shape index (κ2) is 7.69. The molecule has 1 fully saturated rings. The van der Waals surface area contributed by atoms with E-state index in [0.29, 0.717) is 5.92 Å². The number of nitrogens with one attached hydrogen (secondary N) is 3. The number of carbonyl (C=O) groups is 1. The monoisotopic (exact) mass is 441 g/mol. The molecule has 160 valence electrons. The standard InChI is InChI=1S/C25H23N5OS/c1-14(31)23-4-5-24(32-23)19-12-27-13-22-17(19)11-21(28-22)25-18-10-16(2-3-20(18)29-30-25)15-6-8-26-9-7-15/h2-5,10-13,15,26,28H,6-9H2,1H3,(H,29,30). The molecule has 1 aromatic carbocycles. The molecular formula is C25H23N5OS. The molecule has 0 bridgehead atoms. The number of hydrogen-bond acceptors (Lipinski definition) is 5. The molecule has 0 saturated carbocycles. The average Bonchev–Trinajstić information content (AvgIpc) is 3.56. The van der Waals surface area contributed by atoms with E-state index in [1.54, 1.807) is 6.92 Å². The summed E-state index contributed by atoms with van der Waals surface area (Å²) >= 11 is 1.51. The molecule has 0 aliphatic carbocycles. The maximum atomic E-state index is 11.8. The topological polar surface area (TPSA) is 86.5 Å².